The standard InChI is InChI=1S/C10H13BrN2O2S/c1-7(16(2)15)6-13-10(14)9-8(11)4-3-5-12-9/h3-5,7H,6H2,1-2H3,(H,13,14). The van der Waals surface area contributed by atoms with Gasteiger partial charge >= 0.3 is 0 Å². The van der Waals surface area contributed by atoms with Gasteiger partial charge in [0.2, 0.25) is 0 Å². The Balaban J connectivity index is 2.60. The second-order valence-electron chi connectivity index (χ2n) is 3.35. The summed E-state index contributed by atoms with van der Waals surface area (Å²) in [6.07, 6.45) is 3.18. The lowest BCUT2D eigenvalue weighted by Crippen LogP contribution is -2.33. The largest absolute Gasteiger partial charge is 0.349 e. The first-order valence-corrected chi connectivity index (χ1v) is 7.14. The fourth-order valence-electron chi connectivity index (χ4n) is 0.990. The lowest BCUT2D eigenvalue weighted by Gasteiger charge is -2.10. The first kappa shape index (κ1) is 13.3. The second kappa shape index (κ2) is 6.10. The minimum atomic E-state index is -0.935. The zero-order valence-corrected chi connectivity index (χ0v) is 11.5. The quantitative estimate of drug-likeness (QED) is 0.913. The molecule has 16 heavy (non-hydrogen) atoms. The molecule has 2 atom stereocenters. The Hall–Kier alpha value is -0.750. The third-order valence-electron chi connectivity index (χ3n) is 2.09. The number of carbonyl (C=O) groups is 1. The monoisotopic (exact) mass is 304 g/mol. The van der Waals surface area contributed by atoms with Crippen LogP contribution in [0.3, 0.4) is 0 Å². The van der Waals surface area contributed by atoms with E-state index in [9.17, 15) is 9.00 Å². The third-order valence-corrected chi connectivity index (χ3v) is 4.03. The van der Waals surface area contributed by atoms with Gasteiger partial charge in [0.25, 0.3) is 5.91 Å². The number of nitrogens with one attached hydrogen (secondary N) is 1. The number of rotatable bonds is 4. The molecule has 1 N–H and O–H groups in total. The van der Waals surface area contributed by atoms with E-state index < -0.39 is 10.8 Å². The fraction of sp³-hybridized carbons (Fsp3) is 0.400. The summed E-state index contributed by atoms with van der Waals surface area (Å²) in [6.45, 7) is 2.20. The van der Waals surface area contributed by atoms with Crippen LogP contribution in [-0.4, -0.2) is 33.2 Å². The zero-order valence-electron chi connectivity index (χ0n) is 9.07. The Morgan fingerprint density at radius 2 is 2.38 bits per heavy atom. The predicted octanol–water partition coefficient (Wildman–Crippen LogP) is 1.34. The summed E-state index contributed by atoms with van der Waals surface area (Å²) in [4.78, 5) is 15.7. The minimum Gasteiger partial charge on any atom is -0.349 e. The summed E-state index contributed by atoms with van der Waals surface area (Å²) in [6, 6.07) is 3.49. The van der Waals surface area contributed by atoms with Crippen molar-refractivity contribution in [1.29, 1.82) is 0 Å². The van der Waals surface area contributed by atoms with Crippen molar-refractivity contribution in [3.63, 3.8) is 0 Å². The summed E-state index contributed by atoms with van der Waals surface area (Å²) in [5.74, 6) is -0.259. The molecule has 0 saturated carbocycles. The third kappa shape index (κ3) is 3.68. The van der Waals surface area contributed by atoms with Crippen LogP contribution in [0.2, 0.25) is 0 Å². The van der Waals surface area contributed by atoms with Gasteiger partial charge in [0.15, 0.2) is 0 Å². The molecule has 88 valence electrons. The van der Waals surface area contributed by atoms with Gasteiger partial charge in [-0.25, -0.2) is 4.98 Å². The molecule has 0 aliphatic heterocycles. The molecule has 0 radical (unpaired) electrons. The van der Waals surface area contributed by atoms with Crippen LogP contribution in [-0.2, 0) is 10.8 Å². The van der Waals surface area contributed by atoms with Crippen LogP contribution in [0.4, 0.5) is 0 Å². The highest BCUT2D eigenvalue weighted by Crippen LogP contribution is 2.12. The summed E-state index contributed by atoms with van der Waals surface area (Å²) >= 11 is 3.25. The maximum Gasteiger partial charge on any atom is 0.271 e. The summed E-state index contributed by atoms with van der Waals surface area (Å²) < 4.78 is 11.7. The van der Waals surface area contributed by atoms with Gasteiger partial charge < -0.3 is 5.32 Å². The number of hydrogen-bond acceptors (Lipinski definition) is 3. The average Bonchev–Trinajstić information content (AvgIpc) is 2.25. The summed E-state index contributed by atoms with van der Waals surface area (Å²) in [5.41, 5.74) is 0.344. The smallest absolute Gasteiger partial charge is 0.271 e. The van der Waals surface area contributed by atoms with Gasteiger partial charge in [-0.3, -0.25) is 9.00 Å². The maximum atomic E-state index is 11.7. The molecule has 1 aromatic heterocycles. The SMILES string of the molecule is CC(CNC(=O)c1ncccc1Br)S(C)=O. The van der Waals surface area contributed by atoms with Crippen molar-refractivity contribution < 1.29 is 9.00 Å². The van der Waals surface area contributed by atoms with E-state index in [4.69, 9.17) is 0 Å². The highest BCUT2D eigenvalue weighted by Gasteiger charge is 2.13. The molecular weight excluding hydrogens is 292 g/mol. The molecule has 1 amide bonds. The van der Waals surface area contributed by atoms with Crippen molar-refractivity contribution in [2.75, 3.05) is 12.8 Å². The first-order valence-electron chi connectivity index (χ1n) is 4.73. The minimum absolute atomic E-state index is 0.0635. The Morgan fingerprint density at radius 1 is 1.69 bits per heavy atom. The highest BCUT2D eigenvalue weighted by molar-refractivity contribution is 9.10. The van der Waals surface area contributed by atoms with Gasteiger partial charge in [-0.1, -0.05) is 0 Å². The maximum absolute atomic E-state index is 11.7. The van der Waals surface area contributed by atoms with Crippen molar-refractivity contribution in [2.24, 2.45) is 0 Å². The Kier molecular flexibility index (Phi) is 5.08. The Bertz CT molecular complexity index is 412. The van der Waals surface area contributed by atoms with Crippen LogP contribution in [0.15, 0.2) is 22.8 Å². The molecule has 0 bridgehead atoms. The molecule has 0 fully saturated rings. The summed E-state index contributed by atoms with van der Waals surface area (Å²) in [5, 5.41) is 2.63. The van der Waals surface area contributed by atoms with Gasteiger partial charge in [0.05, 0.1) is 0 Å². The van der Waals surface area contributed by atoms with Gasteiger partial charge in [-0.05, 0) is 35.0 Å². The first-order chi connectivity index (χ1) is 7.52. The van der Waals surface area contributed by atoms with Crippen molar-refractivity contribution >= 4 is 32.6 Å². The van der Waals surface area contributed by atoms with Crippen LogP contribution in [0.1, 0.15) is 17.4 Å². The van der Waals surface area contributed by atoms with Crippen LogP contribution in [0.25, 0.3) is 0 Å². The topological polar surface area (TPSA) is 59.1 Å². The number of amides is 1. The number of pyridine rings is 1. The van der Waals surface area contributed by atoms with Gasteiger partial charge in [-0.2, -0.15) is 0 Å². The molecule has 4 nitrogen and oxygen atoms in total. The summed E-state index contributed by atoms with van der Waals surface area (Å²) in [7, 11) is -0.935. The normalized spacial score (nSPS) is 14.2. The zero-order chi connectivity index (χ0) is 12.1. The number of carbonyl (C=O) groups excluding carboxylic acids is 1. The second-order valence-corrected chi connectivity index (χ2v) is 6.01. The van der Waals surface area contributed by atoms with Crippen molar-refractivity contribution in [1.82, 2.24) is 10.3 Å². The van der Waals surface area contributed by atoms with Crippen molar-refractivity contribution in [3.05, 3.63) is 28.5 Å². The van der Waals surface area contributed by atoms with E-state index >= 15 is 0 Å². The number of nitrogens with zero attached hydrogens (tertiary/aromatic N) is 1. The van der Waals surface area contributed by atoms with Crippen LogP contribution >= 0.6 is 15.9 Å². The molecule has 2 unspecified atom stereocenters. The van der Waals surface area contributed by atoms with E-state index in [2.05, 4.69) is 26.2 Å². The molecule has 0 aromatic carbocycles. The molecule has 0 spiro atoms. The van der Waals surface area contributed by atoms with Crippen molar-refractivity contribution in [2.45, 2.75) is 12.2 Å². The predicted molar refractivity (Wildman–Crippen MR) is 67.8 cm³/mol. The van der Waals surface area contributed by atoms with Gasteiger partial charge in [-0.15, -0.1) is 0 Å². The number of hydrogen-bond donors (Lipinski definition) is 1. The molecule has 0 aliphatic carbocycles. The van der Waals surface area contributed by atoms with E-state index in [0.29, 0.717) is 16.7 Å². The Morgan fingerprint density at radius 3 is 2.94 bits per heavy atom. The van der Waals surface area contributed by atoms with Gasteiger partial charge in [0, 0.05) is 39.5 Å². The van der Waals surface area contributed by atoms with Crippen molar-refractivity contribution in [3.8, 4) is 0 Å². The number of aromatic nitrogens is 1. The van der Waals surface area contributed by atoms with Crippen LogP contribution < -0.4 is 5.32 Å². The van der Waals surface area contributed by atoms with E-state index in [1.165, 1.54) is 0 Å². The average molecular weight is 305 g/mol. The molecule has 0 aliphatic rings. The fourth-order valence-corrected chi connectivity index (χ4v) is 1.74. The lowest BCUT2D eigenvalue weighted by molar-refractivity contribution is 0.0948. The van der Waals surface area contributed by atoms with E-state index in [1.54, 1.807) is 24.6 Å². The molecule has 1 aromatic rings. The van der Waals surface area contributed by atoms with Gasteiger partial charge in [0.1, 0.15) is 5.69 Å². The highest BCUT2D eigenvalue weighted by atomic mass is 79.9. The van der Waals surface area contributed by atoms with E-state index in [-0.39, 0.29) is 11.2 Å². The Labute approximate surface area is 105 Å². The lowest BCUT2D eigenvalue weighted by atomic mass is 10.3. The van der Waals surface area contributed by atoms with E-state index in [1.807, 2.05) is 6.92 Å². The van der Waals surface area contributed by atoms with Crippen LogP contribution in [0.5, 0.6) is 0 Å². The molecular formula is C10H13BrN2O2S. The molecule has 1 heterocycles. The van der Waals surface area contributed by atoms with Crippen LogP contribution in [0, 0.1) is 0 Å². The van der Waals surface area contributed by atoms with E-state index in [0.717, 1.165) is 0 Å². The number of halogens is 1. The molecule has 0 saturated heterocycles. The molecule has 6 heteroatoms. The molecule has 1 rings (SSSR count).